The molecule has 2 aromatic heterocycles. The molecule has 5 nitrogen and oxygen atoms in total. The van der Waals surface area contributed by atoms with E-state index < -0.39 is 0 Å². The van der Waals surface area contributed by atoms with Crippen LogP contribution in [0.3, 0.4) is 0 Å². The zero-order valence-corrected chi connectivity index (χ0v) is 10.9. The number of hydrogen-bond donors (Lipinski definition) is 2. The summed E-state index contributed by atoms with van der Waals surface area (Å²) < 4.78 is 1.62. The molecule has 96 valence electrons. The number of nitrogens with two attached hydrogens (primary N) is 1. The number of anilines is 1. The molecule has 0 aromatic carbocycles. The first-order chi connectivity index (χ1) is 8.50. The van der Waals surface area contributed by atoms with Crippen LogP contribution in [0.1, 0.15) is 19.4 Å². The Bertz CT molecular complexity index is 610. The summed E-state index contributed by atoms with van der Waals surface area (Å²) in [5.41, 5.74) is 8.19. The highest BCUT2D eigenvalue weighted by Crippen LogP contribution is 2.26. The number of pyridine rings is 1. The molecule has 0 bridgehead atoms. The Hall–Kier alpha value is -2.04. The molecule has 0 spiro atoms. The second-order valence-corrected chi connectivity index (χ2v) is 4.86. The van der Waals surface area contributed by atoms with Crippen molar-refractivity contribution in [2.75, 3.05) is 5.73 Å². The fraction of sp³-hybridized carbons (Fsp3) is 0.385. The maximum absolute atomic E-state index is 11.9. The second-order valence-electron chi connectivity index (χ2n) is 4.86. The predicted octanol–water partition coefficient (Wildman–Crippen LogP) is 1.56. The number of aryl methyl sites for hydroxylation is 1. The van der Waals surface area contributed by atoms with Crippen molar-refractivity contribution in [2.24, 2.45) is 13.0 Å². The van der Waals surface area contributed by atoms with Crippen LogP contribution in [0.2, 0.25) is 0 Å². The minimum Gasteiger partial charge on any atom is -0.384 e. The molecule has 0 saturated heterocycles. The Kier molecular flexibility index (Phi) is 3.23. The van der Waals surface area contributed by atoms with Crippen molar-refractivity contribution in [3.63, 3.8) is 0 Å². The van der Waals surface area contributed by atoms with Crippen LogP contribution in [0.15, 0.2) is 23.3 Å². The third-order valence-electron chi connectivity index (χ3n) is 2.89. The third kappa shape index (κ3) is 2.16. The van der Waals surface area contributed by atoms with E-state index in [1.54, 1.807) is 24.1 Å². The van der Waals surface area contributed by atoms with Crippen LogP contribution in [0.4, 0.5) is 5.82 Å². The summed E-state index contributed by atoms with van der Waals surface area (Å²) in [4.78, 5) is 14.8. The lowest BCUT2D eigenvalue weighted by Gasteiger charge is -2.06. The summed E-state index contributed by atoms with van der Waals surface area (Å²) in [6, 6.07) is 1.50. The van der Waals surface area contributed by atoms with Crippen LogP contribution in [0.5, 0.6) is 0 Å². The summed E-state index contributed by atoms with van der Waals surface area (Å²) in [7, 11) is 1.79. The summed E-state index contributed by atoms with van der Waals surface area (Å²) in [6.07, 6.45) is 4.09. The molecule has 5 heteroatoms. The molecular formula is C13H18N4O. The molecule has 0 unspecified atom stereocenters. The lowest BCUT2D eigenvalue weighted by Crippen LogP contribution is -2.06. The van der Waals surface area contributed by atoms with Gasteiger partial charge in [0.05, 0.1) is 5.56 Å². The van der Waals surface area contributed by atoms with Crippen molar-refractivity contribution in [1.82, 2.24) is 14.8 Å². The summed E-state index contributed by atoms with van der Waals surface area (Å²) in [5.74, 6) is 1.08. The van der Waals surface area contributed by atoms with Gasteiger partial charge in [-0.25, -0.2) is 0 Å². The van der Waals surface area contributed by atoms with E-state index in [4.69, 9.17) is 5.73 Å². The van der Waals surface area contributed by atoms with Crippen molar-refractivity contribution in [1.29, 1.82) is 0 Å². The number of nitrogen functional groups attached to an aromatic ring is 1. The van der Waals surface area contributed by atoms with Crippen LogP contribution in [-0.4, -0.2) is 14.8 Å². The second kappa shape index (κ2) is 4.68. The number of hydrogen-bond acceptors (Lipinski definition) is 3. The van der Waals surface area contributed by atoms with E-state index in [0.29, 0.717) is 23.0 Å². The van der Waals surface area contributed by atoms with Gasteiger partial charge in [0.25, 0.3) is 0 Å². The quantitative estimate of drug-likeness (QED) is 0.862. The maximum atomic E-state index is 11.9. The lowest BCUT2D eigenvalue weighted by molar-refractivity contribution is 0.648. The van der Waals surface area contributed by atoms with Crippen molar-refractivity contribution in [2.45, 2.75) is 20.3 Å². The van der Waals surface area contributed by atoms with Crippen LogP contribution >= 0.6 is 0 Å². The topological polar surface area (TPSA) is 76.7 Å². The molecule has 2 heterocycles. The van der Waals surface area contributed by atoms with Crippen LogP contribution in [-0.2, 0) is 13.5 Å². The molecule has 0 radical (unpaired) electrons. The Morgan fingerprint density at radius 1 is 1.50 bits per heavy atom. The first-order valence-electron chi connectivity index (χ1n) is 5.99. The van der Waals surface area contributed by atoms with Gasteiger partial charge in [-0.05, 0) is 12.3 Å². The standard InChI is InChI=1S/C13H18N4O/c1-8(2)6-9-12(16-17(3)13(9)14)10-7-15-5-4-11(10)18/h4-5,7-8H,6,14H2,1-3H3,(H,15,18). The molecule has 0 amide bonds. The van der Waals surface area contributed by atoms with Gasteiger partial charge in [-0.3, -0.25) is 9.48 Å². The first-order valence-corrected chi connectivity index (χ1v) is 5.99. The van der Waals surface area contributed by atoms with Gasteiger partial charge in [-0.1, -0.05) is 13.8 Å². The van der Waals surface area contributed by atoms with E-state index in [0.717, 1.165) is 12.0 Å². The Morgan fingerprint density at radius 2 is 2.22 bits per heavy atom. The molecule has 2 aromatic rings. The summed E-state index contributed by atoms with van der Waals surface area (Å²) >= 11 is 0. The monoisotopic (exact) mass is 246 g/mol. The van der Waals surface area contributed by atoms with Crippen molar-refractivity contribution < 1.29 is 0 Å². The van der Waals surface area contributed by atoms with Crippen molar-refractivity contribution in [3.05, 3.63) is 34.2 Å². The number of H-pyrrole nitrogens is 1. The average molecular weight is 246 g/mol. The van der Waals surface area contributed by atoms with Crippen LogP contribution in [0.25, 0.3) is 11.3 Å². The molecule has 0 fully saturated rings. The maximum Gasteiger partial charge on any atom is 0.191 e. The van der Waals surface area contributed by atoms with Gasteiger partial charge in [0.1, 0.15) is 11.5 Å². The Morgan fingerprint density at radius 3 is 2.83 bits per heavy atom. The number of rotatable bonds is 3. The predicted molar refractivity (Wildman–Crippen MR) is 72.2 cm³/mol. The number of aromatic amines is 1. The molecule has 0 aliphatic heterocycles. The highest BCUT2D eigenvalue weighted by Gasteiger charge is 2.18. The van der Waals surface area contributed by atoms with Gasteiger partial charge in [0.2, 0.25) is 0 Å². The molecule has 0 aliphatic rings. The molecule has 0 aliphatic carbocycles. The molecule has 18 heavy (non-hydrogen) atoms. The van der Waals surface area contributed by atoms with Gasteiger partial charge >= 0.3 is 0 Å². The van der Waals surface area contributed by atoms with Gasteiger partial charge in [0.15, 0.2) is 5.43 Å². The van der Waals surface area contributed by atoms with Gasteiger partial charge < -0.3 is 10.7 Å². The van der Waals surface area contributed by atoms with Gasteiger partial charge in [0, 0.05) is 31.1 Å². The average Bonchev–Trinajstić information content (AvgIpc) is 2.57. The normalized spacial score (nSPS) is 11.1. The molecular weight excluding hydrogens is 228 g/mol. The SMILES string of the molecule is CC(C)Cc1c(-c2c[nH]ccc2=O)nn(C)c1N. The summed E-state index contributed by atoms with van der Waals surface area (Å²) in [6.45, 7) is 4.23. The molecule has 0 saturated carbocycles. The highest BCUT2D eigenvalue weighted by atomic mass is 16.1. The highest BCUT2D eigenvalue weighted by molar-refractivity contribution is 5.67. The zero-order chi connectivity index (χ0) is 13.3. The zero-order valence-electron chi connectivity index (χ0n) is 10.9. The minimum atomic E-state index is -0.0446. The summed E-state index contributed by atoms with van der Waals surface area (Å²) in [5, 5.41) is 4.37. The fourth-order valence-electron chi connectivity index (χ4n) is 2.01. The van der Waals surface area contributed by atoms with Gasteiger partial charge in [-0.15, -0.1) is 0 Å². The Balaban J connectivity index is 2.61. The van der Waals surface area contributed by atoms with E-state index in [1.165, 1.54) is 6.07 Å². The smallest absolute Gasteiger partial charge is 0.191 e. The van der Waals surface area contributed by atoms with Gasteiger partial charge in [-0.2, -0.15) is 5.10 Å². The van der Waals surface area contributed by atoms with Crippen LogP contribution in [0, 0.1) is 5.92 Å². The largest absolute Gasteiger partial charge is 0.384 e. The Labute approximate surface area is 106 Å². The van der Waals surface area contributed by atoms with E-state index >= 15 is 0 Å². The number of aromatic nitrogens is 3. The van der Waals surface area contributed by atoms with E-state index in [9.17, 15) is 4.79 Å². The van der Waals surface area contributed by atoms with Crippen LogP contribution < -0.4 is 11.2 Å². The fourth-order valence-corrected chi connectivity index (χ4v) is 2.01. The number of nitrogens with zero attached hydrogens (tertiary/aromatic N) is 2. The molecule has 0 atom stereocenters. The number of nitrogens with one attached hydrogen (secondary N) is 1. The van der Waals surface area contributed by atoms with E-state index in [2.05, 4.69) is 23.9 Å². The minimum absolute atomic E-state index is 0.0446. The third-order valence-corrected chi connectivity index (χ3v) is 2.89. The van der Waals surface area contributed by atoms with Crippen molar-refractivity contribution >= 4 is 5.82 Å². The lowest BCUT2D eigenvalue weighted by atomic mass is 10.00. The molecule has 2 rings (SSSR count). The first kappa shape index (κ1) is 12.4. The van der Waals surface area contributed by atoms with E-state index in [1.807, 2.05) is 0 Å². The van der Waals surface area contributed by atoms with Crippen molar-refractivity contribution in [3.8, 4) is 11.3 Å². The van der Waals surface area contributed by atoms with E-state index in [-0.39, 0.29) is 5.43 Å². The molecule has 3 N–H and O–H groups in total.